The van der Waals surface area contributed by atoms with Crippen LogP contribution in [0.25, 0.3) is 0 Å². The van der Waals surface area contributed by atoms with Gasteiger partial charge in [-0.2, -0.15) is 0 Å². The maximum absolute atomic E-state index is 10.9. The van der Waals surface area contributed by atoms with Crippen molar-refractivity contribution in [2.75, 3.05) is 36.0 Å². The Kier molecular flexibility index (Phi) is 5.26. The number of anilines is 2. The Labute approximate surface area is 198 Å². The molecule has 34 heavy (non-hydrogen) atoms. The summed E-state index contributed by atoms with van der Waals surface area (Å²) in [4.78, 5) is 24.9. The number of allylic oxidation sites excluding steroid dienone is 5. The van der Waals surface area contributed by atoms with Crippen molar-refractivity contribution in [3.05, 3.63) is 77.1 Å². The van der Waals surface area contributed by atoms with Gasteiger partial charge in [-0.05, 0) is 49.1 Å². The Balaban J connectivity index is 1.23. The van der Waals surface area contributed by atoms with Gasteiger partial charge in [-0.3, -0.25) is 9.79 Å². The second-order valence-corrected chi connectivity index (χ2v) is 8.90. The summed E-state index contributed by atoms with van der Waals surface area (Å²) in [6.45, 7) is 3.35. The second kappa shape index (κ2) is 8.57. The van der Waals surface area contributed by atoms with Crippen molar-refractivity contribution in [3.63, 3.8) is 0 Å². The first-order valence-corrected chi connectivity index (χ1v) is 11.8. The molecule has 3 aliphatic heterocycles. The van der Waals surface area contributed by atoms with Crippen molar-refractivity contribution in [2.24, 2.45) is 9.98 Å². The van der Waals surface area contributed by atoms with Crippen LogP contribution in [0.5, 0.6) is 0 Å². The van der Waals surface area contributed by atoms with Crippen LogP contribution in [0, 0.1) is 0 Å². The summed E-state index contributed by atoms with van der Waals surface area (Å²) in [5.41, 5.74) is 6.97. The summed E-state index contributed by atoms with van der Waals surface area (Å²) >= 11 is 0. The maximum Gasteiger partial charge on any atom is 0.196 e. The fourth-order valence-corrected chi connectivity index (χ4v) is 5.07. The topological polar surface area (TPSA) is 81.6 Å². The molecule has 0 bridgehead atoms. The van der Waals surface area contributed by atoms with Crippen LogP contribution in [-0.2, 0) is 6.42 Å². The molecule has 1 atom stereocenters. The summed E-state index contributed by atoms with van der Waals surface area (Å²) in [6, 6.07) is 10.1. The number of fused-ring (bicyclic) bond motifs is 2. The first kappa shape index (κ1) is 20.9. The predicted molar refractivity (Wildman–Crippen MR) is 134 cm³/mol. The number of aliphatic hydroxyl groups is 1. The van der Waals surface area contributed by atoms with E-state index in [4.69, 9.17) is 9.41 Å². The van der Waals surface area contributed by atoms with Gasteiger partial charge in [-0.1, -0.05) is 24.3 Å². The Bertz CT molecular complexity index is 1290. The van der Waals surface area contributed by atoms with Crippen molar-refractivity contribution in [2.45, 2.75) is 25.5 Å². The van der Waals surface area contributed by atoms with Gasteiger partial charge in [0.25, 0.3) is 0 Å². The van der Waals surface area contributed by atoms with Gasteiger partial charge in [0.1, 0.15) is 0 Å². The van der Waals surface area contributed by atoms with Crippen molar-refractivity contribution >= 4 is 35.0 Å². The summed E-state index contributed by atoms with van der Waals surface area (Å²) in [7, 11) is 0. The molecule has 172 valence electrons. The van der Waals surface area contributed by atoms with Crippen molar-refractivity contribution in [3.8, 4) is 0 Å². The largest absolute Gasteiger partial charge is 0.438 e. The van der Waals surface area contributed by atoms with Crippen LogP contribution in [0.4, 0.5) is 17.3 Å². The lowest BCUT2D eigenvalue weighted by Gasteiger charge is -2.36. The standard InChI is InChI=1S/C27H26N4O3/c32-17-20-9-11-25(34-20)31-14-12-30(13-15-31)19-8-6-18-7-10-23(28-24(18)16-19)26-21-4-2-1-3-5-22(21)29-27(26)33/h2-6,8-9,11,16-17,27,33H,1,7,10,12-15H2. The van der Waals surface area contributed by atoms with E-state index in [0.29, 0.717) is 5.76 Å². The number of nitrogens with zero attached hydrogens (tertiary/aromatic N) is 4. The van der Waals surface area contributed by atoms with Crippen LogP contribution >= 0.6 is 0 Å². The Morgan fingerprint density at radius 3 is 2.65 bits per heavy atom. The quantitative estimate of drug-likeness (QED) is 0.706. The Morgan fingerprint density at radius 1 is 1.00 bits per heavy atom. The normalized spacial score (nSPS) is 21.7. The molecule has 2 aromatic rings. The van der Waals surface area contributed by atoms with E-state index in [9.17, 15) is 9.90 Å². The molecule has 7 nitrogen and oxygen atoms in total. The first-order chi connectivity index (χ1) is 16.7. The molecule has 0 saturated carbocycles. The number of furan rings is 1. The number of aldehydes is 1. The highest BCUT2D eigenvalue weighted by molar-refractivity contribution is 6.20. The number of hydrogen-bond donors (Lipinski definition) is 1. The van der Waals surface area contributed by atoms with Gasteiger partial charge in [-0.25, -0.2) is 4.99 Å². The lowest BCUT2D eigenvalue weighted by Crippen LogP contribution is -2.46. The molecule has 1 fully saturated rings. The summed E-state index contributed by atoms with van der Waals surface area (Å²) in [5, 5.41) is 10.7. The van der Waals surface area contributed by atoms with Crippen molar-refractivity contribution < 1.29 is 14.3 Å². The molecule has 1 saturated heterocycles. The van der Waals surface area contributed by atoms with Crippen LogP contribution < -0.4 is 9.80 Å². The third kappa shape index (κ3) is 3.72. The molecule has 0 amide bonds. The number of carbonyl (C=O) groups excluding carboxylic acids is 1. The minimum atomic E-state index is -0.852. The molecule has 4 aliphatic rings. The second-order valence-electron chi connectivity index (χ2n) is 8.90. The van der Waals surface area contributed by atoms with Gasteiger partial charge in [0.15, 0.2) is 24.2 Å². The van der Waals surface area contributed by atoms with Gasteiger partial charge >= 0.3 is 0 Å². The van der Waals surface area contributed by atoms with Gasteiger partial charge < -0.3 is 19.3 Å². The molecule has 1 aliphatic carbocycles. The number of aliphatic imine (C=N–C) groups is 2. The zero-order chi connectivity index (χ0) is 23.1. The van der Waals surface area contributed by atoms with Crippen molar-refractivity contribution in [1.82, 2.24) is 0 Å². The molecule has 6 rings (SSSR count). The summed E-state index contributed by atoms with van der Waals surface area (Å²) < 4.78 is 5.58. The Hall–Kier alpha value is -3.71. The molecular weight excluding hydrogens is 428 g/mol. The van der Waals surface area contributed by atoms with E-state index in [1.165, 1.54) is 5.56 Å². The molecule has 4 heterocycles. The van der Waals surface area contributed by atoms with Crippen LogP contribution in [0.3, 0.4) is 0 Å². The highest BCUT2D eigenvalue weighted by Crippen LogP contribution is 2.35. The minimum absolute atomic E-state index is 0.358. The summed E-state index contributed by atoms with van der Waals surface area (Å²) in [6.07, 6.45) is 10.7. The summed E-state index contributed by atoms with van der Waals surface area (Å²) in [5.74, 6) is 1.10. The fraction of sp³-hybridized carbons (Fsp3) is 0.296. The molecule has 0 spiro atoms. The smallest absolute Gasteiger partial charge is 0.196 e. The van der Waals surface area contributed by atoms with Crippen LogP contribution in [0.2, 0.25) is 0 Å². The molecule has 1 N–H and O–H groups in total. The maximum atomic E-state index is 10.9. The molecule has 1 unspecified atom stereocenters. The number of piperazine rings is 1. The molecule has 1 aromatic heterocycles. The van der Waals surface area contributed by atoms with Gasteiger partial charge in [0.05, 0.1) is 11.4 Å². The SMILES string of the molecule is O=Cc1ccc(N2CCN(c3ccc4c(c3)N=C(C3=C5C=CCC=CC5=NC3O)CC4)CC2)o1. The predicted octanol–water partition coefficient (Wildman–Crippen LogP) is 4.02. The van der Waals surface area contributed by atoms with E-state index in [2.05, 4.69) is 51.2 Å². The van der Waals surface area contributed by atoms with Gasteiger partial charge in [0.2, 0.25) is 0 Å². The molecular formula is C27H26N4O3. The number of carbonyl (C=O) groups is 1. The number of rotatable bonds is 4. The van der Waals surface area contributed by atoms with E-state index in [-0.39, 0.29) is 0 Å². The van der Waals surface area contributed by atoms with Gasteiger partial charge in [0, 0.05) is 54.8 Å². The highest BCUT2D eigenvalue weighted by atomic mass is 16.4. The minimum Gasteiger partial charge on any atom is -0.438 e. The zero-order valence-corrected chi connectivity index (χ0v) is 18.9. The van der Waals surface area contributed by atoms with E-state index in [1.54, 1.807) is 6.07 Å². The third-order valence-corrected chi connectivity index (χ3v) is 6.87. The Morgan fingerprint density at radius 2 is 1.82 bits per heavy atom. The fourth-order valence-electron chi connectivity index (χ4n) is 5.07. The monoisotopic (exact) mass is 454 g/mol. The lowest BCUT2D eigenvalue weighted by molar-refractivity contribution is 0.110. The lowest BCUT2D eigenvalue weighted by atomic mass is 9.93. The zero-order valence-electron chi connectivity index (χ0n) is 18.9. The van der Waals surface area contributed by atoms with Gasteiger partial charge in [-0.15, -0.1) is 0 Å². The van der Waals surface area contributed by atoms with Crippen LogP contribution in [-0.4, -0.2) is 55.2 Å². The third-order valence-electron chi connectivity index (χ3n) is 6.87. The van der Waals surface area contributed by atoms with Crippen molar-refractivity contribution in [1.29, 1.82) is 0 Å². The van der Waals surface area contributed by atoms with Crippen LogP contribution in [0.15, 0.2) is 80.2 Å². The van der Waals surface area contributed by atoms with E-state index in [0.717, 1.165) is 91.6 Å². The van der Waals surface area contributed by atoms with E-state index >= 15 is 0 Å². The molecule has 0 radical (unpaired) electrons. The molecule has 1 aromatic carbocycles. The average molecular weight is 455 g/mol. The highest BCUT2D eigenvalue weighted by Gasteiger charge is 2.30. The average Bonchev–Trinajstić information content (AvgIpc) is 3.41. The molecule has 7 heteroatoms. The van der Waals surface area contributed by atoms with E-state index in [1.807, 2.05) is 12.1 Å². The number of aryl methyl sites for hydroxylation is 1. The number of hydrogen-bond acceptors (Lipinski definition) is 7. The van der Waals surface area contributed by atoms with Crippen LogP contribution in [0.1, 0.15) is 29.0 Å². The first-order valence-electron chi connectivity index (χ1n) is 11.8. The number of aliphatic hydroxyl groups excluding tert-OH is 1. The van der Waals surface area contributed by atoms with E-state index < -0.39 is 6.23 Å². The number of benzene rings is 1.